The molecular weight excluding hydrogens is 410 g/mol. The summed E-state index contributed by atoms with van der Waals surface area (Å²) in [5.41, 5.74) is 7.77. The predicted molar refractivity (Wildman–Crippen MR) is 131 cm³/mol. The Balaban J connectivity index is 1.37. The average Bonchev–Trinajstić information content (AvgIpc) is 3.11. The van der Waals surface area contributed by atoms with Gasteiger partial charge in [0.25, 0.3) is 5.91 Å². The van der Waals surface area contributed by atoms with E-state index in [1.54, 1.807) is 4.90 Å². The van der Waals surface area contributed by atoms with Crippen LogP contribution in [0.5, 0.6) is 0 Å². The Morgan fingerprint density at radius 3 is 1.91 bits per heavy atom. The molecule has 3 aromatic carbocycles. The number of ketones is 1. The molecular formula is C28H29N3O2. The Bertz CT molecular complexity index is 1070. The van der Waals surface area contributed by atoms with Crippen LogP contribution in [-0.2, 0) is 21.5 Å². The summed E-state index contributed by atoms with van der Waals surface area (Å²) in [7, 11) is 0. The van der Waals surface area contributed by atoms with E-state index in [0.29, 0.717) is 19.4 Å². The molecule has 1 aliphatic rings. The molecule has 5 nitrogen and oxygen atoms in total. The molecule has 0 saturated heterocycles. The number of hydrogen-bond donors (Lipinski definition) is 1. The standard InChI is InChI=1S/C28H29N3O2/c29-27-30-28(23-15-7-2-8-16-23,24-17-9-3-10-18-24)26(33)31(27)20-12-4-11-19-25(32)21-22-13-5-1-6-14-22/h1-3,5-10,13-18H,4,11-12,19-21H2,(H2,29,30). The van der Waals surface area contributed by atoms with Gasteiger partial charge in [-0.15, -0.1) is 0 Å². The summed E-state index contributed by atoms with van der Waals surface area (Å²) in [6, 6.07) is 29.0. The van der Waals surface area contributed by atoms with E-state index >= 15 is 0 Å². The smallest absolute Gasteiger partial charge is 0.266 e. The molecule has 0 aromatic heterocycles. The molecule has 33 heavy (non-hydrogen) atoms. The first-order valence-electron chi connectivity index (χ1n) is 11.5. The Hall–Kier alpha value is -3.73. The van der Waals surface area contributed by atoms with E-state index in [1.165, 1.54) is 0 Å². The second-order valence-corrected chi connectivity index (χ2v) is 8.38. The molecule has 0 atom stereocenters. The van der Waals surface area contributed by atoms with E-state index in [-0.39, 0.29) is 17.6 Å². The summed E-state index contributed by atoms with van der Waals surface area (Å²) < 4.78 is 0. The second-order valence-electron chi connectivity index (χ2n) is 8.38. The van der Waals surface area contributed by atoms with Crippen LogP contribution in [-0.4, -0.2) is 29.1 Å². The second kappa shape index (κ2) is 10.3. The van der Waals surface area contributed by atoms with Gasteiger partial charge in [-0.2, -0.15) is 0 Å². The number of benzene rings is 3. The molecule has 0 saturated carbocycles. The fourth-order valence-corrected chi connectivity index (χ4v) is 4.38. The van der Waals surface area contributed by atoms with Crippen LogP contribution in [0.15, 0.2) is 96.0 Å². The molecule has 0 aliphatic carbocycles. The van der Waals surface area contributed by atoms with Crippen molar-refractivity contribution in [2.75, 3.05) is 6.54 Å². The number of nitrogens with two attached hydrogens (primary N) is 1. The van der Waals surface area contributed by atoms with E-state index < -0.39 is 5.54 Å². The minimum absolute atomic E-state index is 0.127. The van der Waals surface area contributed by atoms with Crippen LogP contribution < -0.4 is 5.73 Å². The molecule has 4 rings (SSSR count). The normalized spacial score (nSPS) is 14.8. The van der Waals surface area contributed by atoms with E-state index in [1.807, 2.05) is 91.0 Å². The van der Waals surface area contributed by atoms with Gasteiger partial charge in [-0.3, -0.25) is 14.5 Å². The van der Waals surface area contributed by atoms with Crippen molar-refractivity contribution >= 4 is 17.6 Å². The highest BCUT2D eigenvalue weighted by Gasteiger charge is 2.50. The van der Waals surface area contributed by atoms with E-state index in [9.17, 15) is 9.59 Å². The van der Waals surface area contributed by atoms with Gasteiger partial charge in [0.05, 0.1) is 0 Å². The minimum Gasteiger partial charge on any atom is -0.369 e. The Morgan fingerprint density at radius 1 is 0.788 bits per heavy atom. The SMILES string of the molecule is NC1=NC(c2ccccc2)(c2ccccc2)C(=O)N1CCCCCC(=O)Cc1ccccc1. The highest BCUT2D eigenvalue weighted by atomic mass is 16.2. The summed E-state index contributed by atoms with van der Waals surface area (Å²) in [6.45, 7) is 0.489. The summed E-state index contributed by atoms with van der Waals surface area (Å²) in [5, 5.41) is 0. The van der Waals surface area contributed by atoms with Crippen molar-refractivity contribution in [3.8, 4) is 0 Å². The van der Waals surface area contributed by atoms with Crippen LogP contribution in [0, 0.1) is 0 Å². The zero-order valence-corrected chi connectivity index (χ0v) is 18.7. The third-order valence-electron chi connectivity index (χ3n) is 6.08. The van der Waals surface area contributed by atoms with Crippen molar-refractivity contribution in [3.63, 3.8) is 0 Å². The maximum Gasteiger partial charge on any atom is 0.266 e. The highest BCUT2D eigenvalue weighted by Crippen LogP contribution is 2.39. The highest BCUT2D eigenvalue weighted by molar-refractivity contribution is 6.09. The number of Topliss-reactive ketones (excluding diaryl/α,β-unsaturated/α-hetero) is 1. The lowest BCUT2D eigenvalue weighted by molar-refractivity contribution is -0.130. The largest absolute Gasteiger partial charge is 0.369 e. The molecule has 0 radical (unpaired) electrons. The Kier molecular flexibility index (Phi) is 6.98. The number of nitrogens with zero attached hydrogens (tertiary/aromatic N) is 2. The predicted octanol–water partition coefficient (Wildman–Crippen LogP) is 4.46. The molecule has 3 aromatic rings. The quantitative estimate of drug-likeness (QED) is 0.474. The van der Waals surface area contributed by atoms with Crippen molar-refractivity contribution in [2.24, 2.45) is 10.7 Å². The molecule has 1 heterocycles. The van der Waals surface area contributed by atoms with Gasteiger partial charge in [-0.05, 0) is 29.5 Å². The van der Waals surface area contributed by atoms with Gasteiger partial charge >= 0.3 is 0 Å². The molecule has 0 bridgehead atoms. The van der Waals surface area contributed by atoms with Crippen molar-refractivity contribution in [1.29, 1.82) is 0 Å². The maximum absolute atomic E-state index is 13.7. The van der Waals surface area contributed by atoms with Gasteiger partial charge in [0.1, 0.15) is 5.78 Å². The first-order chi connectivity index (χ1) is 16.1. The Morgan fingerprint density at radius 2 is 1.33 bits per heavy atom. The van der Waals surface area contributed by atoms with Crippen LogP contribution >= 0.6 is 0 Å². The van der Waals surface area contributed by atoms with Crippen LogP contribution in [0.3, 0.4) is 0 Å². The fraction of sp³-hybridized carbons (Fsp3) is 0.250. The zero-order chi connectivity index (χ0) is 23.1. The number of amides is 1. The number of rotatable bonds is 10. The lowest BCUT2D eigenvalue weighted by Gasteiger charge is -2.27. The molecule has 0 spiro atoms. The molecule has 5 heteroatoms. The molecule has 168 valence electrons. The monoisotopic (exact) mass is 439 g/mol. The number of carbonyl (C=O) groups is 2. The van der Waals surface area contributed by atoms with E-state index in [2.05, 4.69) is 0 Å². The van der Waals surface area contributed by atoms with Crippen LogP contribution in [0.2, 0.25) is 0 Å². The van der Waals surface area contributed by atoms with Crippen LogP contribution in [0.25, 0.3) is 0 Å². The fourth-order valence-electron chi connectivity index (χ4n) is 4.38. The summed E-state index contributed by atoms with van der Waals surface area (Å²) >= 11 is 0. The van der Waals surface area contributed by atoms with Crippen LogP contribution in [0.4, 0.5) is 0 Å². The summed E-state index contributed by atoms with van der Waals surface area (Å²) in [5.74, 6) is 0.358. The molecule has 1 amide bonds. The molecule has 0 fully saturated rings. The van der Waals surface area contributed by atoms with Crippen molar-refractivity contribution in [1.82, 2.24) is 4.90 Å². The van der Waals surface area contributed by atoms with E-state index in [4.69, 9.17) is 10.7 Å². The average molecular weight is 440 g/mol. The number of hydrogen-bond acceptors (Lipinski definition) is 4. The number of carbonyl (C=O) groups excluding carboxylic acids is 2. The third kappa shape index (κ3) is 4.87. The van der Waals surface area contributed by atoms with E-state index in [0.717, 1.165) is 36.0 Å². The van der Waals surface area contributed by atoms with Crippen LogP contribution in [0.1, 0.15) is 42.4 Å². The van der Waals surface area contributed by atoms with Crippen molar-refractivity contribution in [2.45, 2.75) is 37.6 Å². The van der Waals surface area contributed by atoms with Gasteiger partial charge < -0.3 is 5.73 Å². The third-order valence-corrected chi connectivity index (χ3v) is 6.08. The Labute approximate surface area is 195 Å². The van der Waals surface area contributed by atoms with Gasteiger partial charge in [0.2, 0.25) is 0 Å². The minimum atomic E-state index is -1.15. The molecule has 0 unspecified atom stereocenters. The molecule has 2 N–H and O–H groups in total. The maximum atomic E-state index is 13.7. The van der Waals surface area contributed by atoms with Gasteiger partial charge in [-0.25, -0.2) is 4.99 Å². The lowest BCUT2D eigenvalue weighted by Crippen LogP contribution is -2.44. The first-order valence-corrected chi connectivity index (χ1v) is 11.5. The zero-order valence-electron chi connectivity index (χ0n) is 18.7. The topological polar surface area (TPSA) is 75.8 Å². The molecule has 1 aliphatic heterocycles. The number of unbranched alkanes of at least 4 members (excludes halogenated alkanes) is 2. The number of guanidine groups is 1. The lowest BCUT2D eigenvalue weighted by atomic mass is 9.83. The van der Waals surface area contributed by atoms with Gasteiger partial charge in [0.15, 0.2) is 11.5 Å². The first kappa shape index (κ1) is 22.5. The number of aliphatic imine (C=N–C) groups is 1. The van der Waals surface area contributed by atoms with Gasteiger partial charge in [0, 0.05) is 19.4 Å². The van der Waals surface area contributed by atoms with Crippen molar-refractivity contribution in [3.05, 3.63) is 108 Å². The summed E-state index contributed by atoms with van der Waals surface area (Å²) in [4.78, 5) is 32.2. The van der Waals surface area contributed by atoms with Gasteiger partial charge in [-0.1, -0.05) is 97.4 Å². The van der Waals surface area contributed by atoms with Crippen molar-refractivity contribution < 1.29 is 9.59 Å². The summed E-state index contributed by atoms with van der Waals surface area (Å²) in [6.07, 6.45) is 3.43.